The molecule has 1 aliphatic rings. The third kappa shape index (κ3) is 3.19. The van der Waals surface area contributed by atoms with Gasteiger partial charge in [-0.05, 0) is 36.4 Å². The van der Waals surface area contributed by atoms with Crippen molar-refractivity contribution >= 4 is 0 Å². The molecule has 0 spiro atoms. The van der Waals surface area contributed by atoms with Gasteiger partial charge in [0.05, 0.1) is 0 Å². The van der Waals surface area contributed by atoms with E-state index in [-0.39, 0.29) is 5.92 Å². The molecule has 2 rings (SSSR count). The maximum atomic E-state index is 12.3. The topological polar surface area (TPSA) is 38.9 Å². The second kappa shape index (κ2) is 4.64. The molecule has 2 nitrogen and oxygen atoms in total. The van der Waals surface area contributed by atoms with E-state index in [0.29, 0.717) is 12.5 Å². The number of nitrogens with two attached hydrogens (primary N) is 1. The van der Waals surface area contributed by atoms with Crippen LogP contribution in [0.2, 0.25) is 0 Å². The zero-order valence-corrected chi connectivity index (χ0v) is 9.37. The highest BCUT2D eigenvalue weighted by atomic mass is 19.4. The van der Waals surface area contributed by atoms with Gasteiger partial charge in [0.2, 0.25) is 0 Å². The first-order chi connectivity index (χ1) is 8.00. The van der Waals surface area contributed by atoms with E-state index in [1.54, 1.807) is 0 Å². The highest BCUT2D eigenvalue weighted by Crippen LogP contribution is 2.38. The first kappa shape index (κ1) is 12.4. The van der Waals surface area contributed by atoms with Crippen molar-refractivity contribution in [1.82, 2.24) is 4.98 Å². The SMILES string of the molecule is NC[C@H](CC1CC1)c1ccc(C(F)(F)F)nc1. The molecule has 0 saturated heterocycles. The van der Waals surface area contributed by atoms with Gasteiger partial charge >= 0.3 is 6.18 Å². The lowest BCUT2D eigenvalue weighted by molar-refractivity contribution is -0.141. The van der Waals surface area contributed by atoms with Crippen LogP contribution in [0, 0.1) is 5.92 Å². The minimum absolute atomic E-state index is 0.136. The molecule has 0 aromatic carbocycles. The molecule has 1 saturated carbocycles. The van der Waals surface area contributed by atoms with Crippen molar-refractivity contribution in [3.05, 3.63) is 29.6 Å². The molecule has 1 aromatic heterocycles. The monoisotopic (exact) mass is 244 g/mol. The molecule has 94 valence electrons. The first-order valence-electron chi connectivity index (χ1n) is 5.74. The molecule has 0 bridgehead atoms. The van der Waals surface area contributed by atoms with E-state index in [9.17, 15) is 13.2 Å². The number of halogens is 3. The Labute approximate surface area is 98.0 Å². The van der Waals surface area contributed by atoms with Crippen LogP contribution in [0.3, 0.4) is 0 Å². The van der Waals surface area contributed by atoms with Crippen LogP contribution in [0.4, 0.5) is 13.2 Å². The van der Waals surface area contributed by atoms with Gasteiger partial charge in [0, 0.05) is 6.20 Å². The molecule has 17 heavy (non-hydrogen) atoms. The van der Waals surface area contributed by atoms with E-state index in [1.807, 2.05) is 0 Å². The maximum Gasteiger partial charge on any atom is 0.433 e. The summed E-state index contributed by atoms with van der Waals surface area (Å²) in [5.41, 5.74) is 5.62. The summed E-state index contributed by atoms with van der Waals surface area (Å²) in [5.74, 6) is 0.836. The Morgan fingerprint density at radius 3 is 2.47 bits per heavy atom. The minimum atomic E-state index is -4.37. The number of hydrogen-bond donors (Lipinski definition) is 1. The van der Waals surface area contributed by atoms with Crippen LogP contribution in [-0.2, 0) is 6.18 Å². The number of alkyl halides is 3. The zero-order chi connectivity index (χ0) is 12.5. The fourth-order valence-electron chi connectivity index (χ4n) is 1.94. The van der Waals surface area contributed by atoms with Gasteiger partial charge in [0.15, 0.2) is 0 Å². The first-order valence-corrected chi connectivity index (χ1v) is 5.74. The molecule has 1 atom stereocenters. The Morgan fingerprint density at radius 2 is 2.06 bits per heavy atom. The van der Waals surface area contributed by atoms with Crippen molar-refractivity contribution in [2.45, 2.75) is 31.4 Å². The summed E-state index contributed by atoms with van der Waals surface area (Å²) in [6, 6.07) is 2.53. The predicted molar refractivity (Wildman–Crippen MR) is 58.4 cm³/mol. The van der Waals surface area contributed by atoms with Crippen molar-refractivity contribution in [1.29, 1.82) is 0 Å². The van der Waals surface area contributed by atoms with E-state index in [1.165, 1.54) is 25.1 Å². The number of nitrogens with zero attached hydrogens (tertiary/aromatic N) is 1. The Balaban J connectivity index is 2.09. The third-order valence-electron chi connectivity index (χ3n) is 3.15. The lowest BCUT2D eigenvalue weighted by Gasteiger charge is -2.15. The molecule has 5 heteroatoms. The molecule has 0 radical (unpaired) electrons. The summed E-state index contributed by atoms with van der Waals surface area (Å²) in [6.45, 7) is 0.462. The van der Waals surface area contributed by atoms with Gasteiger partial charge in [-0.2, -0.15) is 13.2 Å². The fraction of sp³-hybridized carbons (Fsp3) is 0.583. The van der Waals surface area contributed by atoms with Crippen LogP contribution in [0.25, 0.3) is 0 Å². The number of pyridine rings is 1. The summed E-state index contributed by atoms with van der Waals surface area (Å²) in [5, 5.41) is 0. The normalized spacial score (nSPS) is 18.1. The predicted octanol–water partition coefficient (Wildman–Crippen LogP) is 2.94. The summed E-state index contributed by atoms with van der Waals surface area (Å²) < 4.78 is 37.0. The van der Waals surface area contributed by atoms with Crippen molar-refractivity contribution in [2.75, 3.05) is 6.54 Å². The number of aromatic nitrogens is 1. The van der Waals surface area contributed by atoms with Crippen molar-refractivity contribution < 1.29 is 13.2 Å². The summed E-state index contributed by atoms with van der Waals surface area (Å²) >= 11 is 0. The fourth-order valence-corrected chi connectivity index (χ4v) is 1.94. The Kier molecular flexibility index (Phi) is 3.38. The van der Waals surface area contributed by atoms with Crippen LogP contribution in [0.1, 0.15) is 36.4 Å². The van der Waals surface area contributed by atoms with Gasteiger partial charge in [-0.15, -0.1) is 0 Å². The quantitative estimate of drug-likeness (QED) is 0.884. The van der Waals surface area contributed by atoms with Crippen LogP contribution in [-0.4, -0.2) is 11.5 Å². The molecule has 0 aliphatic heterocycles. The van der Waals surface area contributed by atoms with Crippen LogP contribution < -0.4 is 5.73 Å². The van der Waals surface area contributed by atoms with E-state index < -0.39 is 11.9 Å². The van der Waals surface area contributed by atoms with E-state index in [2.05, 4.69) is 4.98 Å². The molecule has 1 aromatic rings. The van der Waals surface area contributed by atoms with Gasteiger partial charge in [0.1, 0.15) is 5.69 Å². The molecule has 1 fully saturated rings. The van der Waals surface area contributed by atoms with Crippen LogP contribution in [0.5, 0.6) is 0 Å². The van der Waals surface area contributed by atoms with Crippen molar-refractivity contribution in [3.8, 4) is 0 Å². The van der Waals surface area contributed by atoms with Crippen molar-refractivity contribution in [3.63, 3.8) is 0 Å². The van der Waals surface area contributed by atoms with Gasteiger partial charge in [-0.1, -0.05) is 18.9 Å². The average molecular weight is 244 g/mol. The lowest BCUT2D eigenvalue weighted by atomic mass is 9.95. The second-order valence-electron chi connectivity index (χ2n) is 4.59. The summed E-state index contributed by atoms with van der Waals surface area (Å²) in [6.07, 6.45) is 0.328. The highest BCUT2D eigenvalue weighted by Gasteiger charge is 2.32. The van der Waals surface area contributed by atoms with Gasteiger partial charge in [0.25, 0.3) is 0 Å². The molecule has 1 heterocycles. The van der Waals surface area contributed by atoms with Crippen LogP contribution in [0.15, 0.2) is 18.3 Å². The molecule has 2 N–H and O–H groups in total. The van der Waals surface area contributed by atoms with Crippen molar-refractivity contribution in [2.24, 2.45) is 11.7 Å². The third-order valence-corrected chi connectivity index (χ3v) is 3.15. The van der Waals surface area contributed by atoms with Crippen LogP contribution >= 0.6 is 0 Å². The number of rotatable bonds is 4. The summed E-state index contributed by atoms with van der Waals surface area (Å²) in [4.78, 5) is 3.47. The van der Waals surface area contributed by atoms with Gasteiger partial charge in [-0.25, -0.2) is 0 Å². The standard InChI is InChI=1S/C12H15F3N2/c13-12(14,15)11-4-3-9(7-17-11)10(6-16)5-8-1-2-8/h3-4,7-8,10H,1-2,5-6,16H2/t10-/m0/s1. The van der Waals surface area contributed by atoms with Gasteiger partial charge < -0.3 is 5.73 Å². The Bertz CT molecular complexity index is 368. The van der Waals surface area contributed by atoms with Gasteiger partial charge in [-0.3, -0.25) is 4.98 Å². The molecular weight excluding hydrogens is 229 g/mol. The molecule has 0 amide bonds. The highest BCUT2D eigenvalue weighted by molar-refractivity contribution is 5.20. The molecule has 1 aliphatic carbocycles. The molecular formula is C12H15F3N2. The second-order valence-corrected chi connectivity index (χ2v) is 4.59. The largest absolute Gasteiger partial charge is 0.433 e. The van der Waals surface area contributed by atoms with E-state index >= 15 is 0 Å². The van der Waals surface area contributed by atoms with E-state index in [0.717, 1.165) is 18.1 Å². The Morgan fingerprint density at radius 1 is 1.35 bits per heavy atom. The Hall–Kier alpha value is -1.10. The molecule has 0 unspecified atom stereocenters. The number of hydrogen-bond acceptors (Lipinski definition) is 2. The van der Waals surface area contributed by atoms with E-state index in [4.69, 9.17) is 5.73 Å². The minimum Gasteiger partial charge on any atom is -0.330 e. The average Bonchev–Trinajstić information content (AvgIpc) is 3.09. The smallest absolute Gasteiger partial charge is 0.330 e. The summed E-state index contributed by atoms with van der Waals surface area (Å²) in [7, 11) is 0. The lowest BCUT2D eigenvalue weighted by Crippen LogP contribution is -2.14. The zero-order valence-electron chi connectivity index (χ0n) is 9.37. The maximum absolute atomic E-state index is 12.3.